The Hall–Kier alpha value is -1.96. The summed E-state index contributed by atoms with van der Waals surface area (Å²) in [7, 11) is 3.96. The number of aromatic carboxylic acids is 1. The van der Waals surface area contributed by atoms with Crippen LogP contribution >= 0.6 is 0 Å². The van der Waals surface area contributed by atoms with Crippen molar-refractivity contribution in [3.05, 3.63) is 29.3 Å². The molecule has 7 heteroatoms. The second-order valence-electron chi connectivity index (χ2n) is 7.43. The molecule has 0 radical (unpaired) electrons. The summed E-state index contributed by atoms with van der Waals surface area (Å²) >= 11 is 0. The van der Waals surface area contributed by atoms with Gasteiger partial charge in [-0.1, -0.05) is 50.5 Å². The summed E-state index contributed by atoms with van der Waals surface area (Å²) in [5, 5.41) is 37.2. The van der Waals surface area contributed by atoms with Gasteiger partial charge in [0.2, 0.25) is 0 Å². The van der Waals surface area contributed by atoms with Crippen molar-refractivity contribution in [3.63, 3.8) is 0 Å². The second-order valence-corrected chi connectivity index (χ2v) is 7.43. The first-order valence-corrected chi connectivity index (χ1v) is 9.79. The highest BCUT2D eigenvalue weighted by Gasteiger charge is 2.11. The molecule has 1 aromatic rings. The molecule has 0 atom stereocenters. The third kappa shape index (κ3) is 11.0. The monoisotopic (exact) mass is 397 g/mol. The smallest absolute Gasteiger partial charge is 0.335 e. The molecule has 0 bridgehead atoms. The number of Topliss-reactive ketones (excluding diaryl/α,β-unsaturated/α-hetero) is 1. The Morgan fingerprint density at radius 1 is 1.00 bits per heavy atom. The van der Waals surface area contributed by atoms with Crippen molar-refractivity contribution < 1.29 is 34.5 Å². The van der Waals surface area contributed by atoms with Crippen LogP contribution in [0.15, 0.2) is 18.2 Å². The minimum absolute atomic E-state index is 0.0981. The average Bonchev–Trinajstić information content (AvgIpc) is 2.62. The van der Waals surface area contributed by atoms with Crippen LogP contribution in [0, 0.1) is 0 Å². The zero-order chi connectivity index (χ0) is 21.6. The molecule has 0 spiro atoms. The number of nitrogens with zero attached hydrogens (tertiary/aromatic N) is 1. The molecular weight excluding hydrogens is 362 g/mol. The number of aliphatic hydroxyl groups excluding tert-OH is 2. The number of likely N-dealkylation sites (N-methyl/N-ethyl adjacent to an activating group) is 1. The zero-order valence-electron chi connectivity index (χ0n) is 17.3. The lowest BCUT2D eigenvalue weighted by Crippen LogP contribution is -2.43. The normalized spacial score (nSPS) is 10.9. The van der Waals surface area contributed by atoms with Gasteiger partial charge in [-0.3, -0.25) is 4.79 Å². The van der Waals surface area contributed by atoms with E-state index in [2.05, 4.69) is 6.92 Å². The molecule has 1 aromatic carbocycles. The van der Waals surface area contributed by atoms with Crippen molar-refractivity contribution in [2.24, 2.45) is 0 Å². The number of carboxylic acids is 1. The van der Waals surface area contributed by atoms with Gasteiger partial charge in [0.15, 0.2) is 5.78 Å². The number of aliphatic hydroxyl groups is 2. The number of rotatable bonds is 12. The fourth-order valence-corrected chi connectivity index (χ4v) is 2.56. The number of carbonyl (C=O) groups is 2. The van der Waals surface area contributed by atoms with E-state index in [0.717, 1.165) is 31.7 Å². The molecule has 160 valence electrons. The highest BCUT2D eigenvalue weighted by molar-refractivity contribution is 5.99. The van der Waals surface area contributed by atoms with Gasteiger partial charge < -0.3 is 24.9 Å². The van der Waals surface area contributed by atoms with Crippen LogP contribution in [-0.4, -0.2) is 72.0 Å². The average molecular weight is 398 g/mol. The fraction of sp³-hybridized carbons (Fsp3) is 0.619. The van der Waals surface area contributed by atoms with E-state index in [4.69, 9.17) is 15.3 Å². The van der Waals surface area contributed by atoms with Gasteiger partial charge in [-0.05, 0) is 12.5 Å². The molecule has 0 aromatic heterocycles. The standard InChI is InChI=1S/C15H20O4.C6H16NO2/c1-2-3-4-5-6-7-13(16)11-8-9-14(17)12(10-11)15(18)19;1-7(2,3-5-8)4-6-9/h8-10,17H,2-7H2,1H3,(H,18,19);8-9H,3-6H2,1-2H3/q;+1/p-1. The van der Waals surface area contributed by atoms with Crippen LogP contribution in [0.2, 0.25) is 0 Å². The van der Waals surface area contributed by atoms with Gasteiger partial charge in [-0.2, -0.15) is 0 Å². The van der Waals surface area contributed by atoms with Gasteiger partial charge in [0.05, 0.1) is 32.9 Å². The van der Waals surface area contributed by atoms with Crippen LogP contribution in [0.25, 0.3) is 0 Å². The van der Waals surface area contributed by atoms with E-state index in [9.17, 15) is 14.7 Å². The van der Waals surface area contributed by atoms with E-state index in [-0.39, 0.29) is 24.6 Å². The zero-order valence-corrected chi connectivity index (χ0v) is 17.3. The Morgan fingerprint density at radius 2 is 1.57 bits per heavy atom. The first-order chi connectivity index (χ1) is 13.2. The molecule has 0 aliphatic heterocycles. The Balaban J connectivity index is 0.000000684. The predicted octanol–water partition coefficient (Wildman–Crippen LogP) is 2.05. The fourth-order valence-electron chi connectivity index (χ4n) is 2.56. The summed E-state index contributed by atoms with van der Waals surface area (Å²) in [6, 6.07) is 3.73. The number of hydrogen-bond acceptors (Lipinski definition) is 5. The van der Waals surface area contributed by atoms with E-state index in [1.54, 1.807) is 0 Å². The molecule has 0 saturated heterocycles. The molecule has 7 nitrogen and oxygen atoms in total. The number of carbonyl (C=O) groups excluding carboxylic acids is 1. The van der Waals surface area contributed by atoms with Crippen LogP contribution in [0.5, 0.6) is 5.75 Å². The highest BCUT2D eigenvalue weighted by Crippen LogP contribution is 2.18. The summed E-state index contributed by atoms with van der Waals surface area (Å²) in [5.41, 5.74) is -0.0238. The van der Waals surface area contributed by atoms with E-state index in [1.165, 1.54) is 18.6 Å². The van der Waals surface area contributed by atoms with Crippen molar-refractivity contribution in [2.45, 2.75) is 45.4 Å². The summed E-state index contributed by atoms with van der Waals surface area (Å²) in [6.45, 7) is 3.92. The summed E-state index contributed by atoms with van der Waals surface area (Å²) in [6.07, 6.45) is 5.65. The maximum absolute atomic E-state index is 11.9. The summed E-state index contributed by atoms with van der Waals surface area (Å²) in [5.74, 6) is -1.95. The number of hydrogen-bond donors (Lipinski definition) is 3. The van der Waals surface area contributed by atoms with Gasteiger partial charge in [0, 0.05) is 12.0 Å². The molecule has 0 aliphatic carbocycles. The summed E-state index contributed by atoms with van der Waals surface area (Å²) < 4.78 is 0.688. The van der Waals surface area contributed by atoms with Crippen molar-refractivity contribution in [1.29, 1.82) is 0 Å². The molecule has 0 amide bonds. The number of carboxylic acid groups (broad SMARTS) is 1. The molecule has 1 rings (SSSR count). The Kier molecular flexibility index (Phi) is 13.1. The third-order valence-corrected chi connectivity index (χ3v) is 4.45. The second kappa shape index (κ2) is 14.1. The highest BCUT2D eigenvalue weighted by atomic mass is 16.4. The lowest BCUT2D eigenvalue weighted by Gasteiger charge is -2.27. The van der Waals surface area contributed by atoms with Crippen LogP contribution in [0.4, 0.5) is 0 Å². The topological polar surface area (TPSA) is 118 Å². The molecular formula is C21H35NO6. The van der Waals surface area contributed by atoms with Crippen LogP contribution < -0.4 is 5.11 Å². The van der Waals surface area contributed by atoms with Gasteiger partial charge in [-0.25, -0.2) is 4.79 Å². The third-order valence-electron chi connectivity index (χ3n) is 4.45. The molecule has 3 N–H and O–H groups in total. The molecule has 0 unspecified atom stereocenters. The number of benzene rings is 1. The van der Waals surface area contributed by atoms with Crippen LogP contribution in [0.1, 0.15) is 66.2 Å². The lowest BCUT2D eigenvalue weighted by atomic mass is 10.0. The van der Waals surface area contributed by atoms with Gasteiger partial charge in [-0.15, -0.1) is 0 Å². The van der Waals surface area contributed by atoms with Crippen molar-refractivity contribution in [3.8, 4) is 5.75 Å². The van der Waals surface area contributed by atoms with Crippen LogP contribution in [-0.2, 0) is 0 Å². The van der Waals surface area contributed by atoms with Crippen molar-refractivity contribution in [1.82, 2.24) is 0 Å². The van der Waals surface area contributed by atoms with Crippen LogP contribution in [0.3, 0.4) is 0 Å². The first kappa shape index (κ1) is 26.0. The SMILES string of the molecule is CCCCCCCC(=O)c1ccc([O-])c(C(=O)O)c1.C[N+](C)(CCO)CCO. The maximum atomic E-state index is 11.9. The number of ketones is 1. The lowest BCUT2D eigenvalue weighted by molar-refractivity contribution is -0.890. The van der Waals surface area contributed by atoms with E-state index in [1.807, 2.05) is 14.1 Å². The minimum Gasteiger partial charge on any atom is -0.872 e. The number of quaternary nitrogens is 1. The Morgan fingerprint density at radius 3 is 2.07 bits per heavy atom. The molecule has 0 fully saturated rings. The quantitative estimate of drug-likeness (QED) is 0.282. The summed E-state index contributed by atoms with van der Waals surface area (Å²) in [4.78, 5) is 22.7. The molecule has 0 heterocycles. The number of unbranched alkanes of at least 4 members (excludes halogenated alkanes) is 4. The largest absolute Gasteiger partial charge is 0.872 e. The molecule has 28 heavy (non-hydrogen) atoms. The maximum Gasteiger partial charge on any atom is 0.335 e. The Bertz CT molecular complexity index is 593. The minimum atomic E-state index is -1.29. The first-order valence-electron chi connectivity index (χ1n) is 9.79. The van der Waals surface area contributed by atoms with Gasteiger partial charge >= 0.3 is 5.97 Å². The molecule has 0 saturated carbocycles. The molecule has 0 aliphatic rings. The Labute approximate surface area is 167 Å². The van der Waals surface area contributed by atoms with E-state index < -0.39 is 11.7 Å². The van der Waals surface area contributed by atoms with Gasteiger partial charge in [0.1, 0.15) is 13.1 Å². The van der Waals surface area contributed by atoms with E-state index in [0.29, 0.717) is 29.6 Å². The van der Waals surface area contributed by atoms with Gasteiger partial charge in [0.25, 0.3) is 0 Å². The van der Waals surface area contributed by atoms with Crippen molar-refractivity contribution >= 4 is 11.8 Å². The predicted molar refractivity (Wildman–Crippen MR) is 107 cm³/mol. The van der Waals surface area contributed by atoms with Crippen molar-refractivity contribution in [2.75, 3.05) is 40.4 Å². The van der Waals surface area contributed by atoms with E-state index >= 15 is 0 Å².